The number of nitrogens with two attached hydrogens (primary N) is 2. The molecule has 146 valence electrons. The zero-order chi connectivity index (χ0) is 20.5. The predicted octanol–water partition coefficient (Wildman–Crippen LogP) is 3.65. The third-order valence-corrected chi connectivity index (χ3v) is 4.23. The Bertz CT molecular complexity index is 1040. The molecule has 2 heterocycles. The zero-order valence-corrected chi connectivity index (χ0v) is 16.6. The van der Waals surface area contributed by atoms with Gasteiger partial charge in [-0.25, -0.2) is 9.78 Å². The topological polar surface area (TPSA) is 109 Å². The van der Waals surface area contributed by atoms with Crippen molar-refractivity contribution >= 4 is 34.3 Å². The number of carbonyl (C=O) groups excluding carboxylic acids is 1. The van der Waals surface area contributed by atoms with E-state index in [2.05, 4.69) is 9.97 Å². The third kappa shape index (κ3) is 4.14. The lowest BCUT2D eigenvalue weighted by Gasteiger charge is -2.19. The van der Waals surface area contributed by atoms with E-state index < -0.39 is 5.60 Å². The van der Waals surface area contributed by atoms with E-state index in [1.54, 1.807) is 12.1 Å². The number of allylic oxidation sites excluding steroid dienone is 2. The van der Waals surface area contributed by atoms with Gasteiger partial charge in [-0.15, -0.1) is 0 Å². The highest BCUT2D eigenvalue weighted by Gasteiger charge is 2.18. The van der Waals surface area contributed by atoms with Crippen molar-refractivity contribution in [1.82, 2.24) is 14.5 Å². The number of rotatable bonds is 4. The molecule has 0 spiro atoms. The molecule has 2 aromatic heterocycles. The largest absolute Gasteiger partial charge is 0.456 e. The van der Waals surface area contributed by atoms with Crippen molar-refractivity contribution in [2.75, 3.05) is 11.5 Å². The van der Waals surface area contributed by atoms with Crippen LogP contribution in [-0.4, -0.2) is 26.1 Å². The molecule has 0 saturated heterocycles. The molecular formula is C21H25N5O2. The Kier molecular flexibility index (Phi) is 5.09. The maximum Gasteiger partial charge on any atom is 0.338 e. The van der Waals surface area contributed by atoms with Gasteiger partial charge >= 0.3 is 5.97 Å². The standard InChI is InChI=1S/C21H25N5O2/c1-5-13(12-26-11-10-16-17(26)18(22)25-20(23)24-16)14-6-8-15(9-7-14)19(27)28-21(2,3)4/h5-11H,12H2,1-4H3,(H4,22,23,24,25). The first-order valence-electron chi connectivity index (χ1n) is 9.05. The summed E-state index contributed by atoms with van der Waals surface area (Å²) < 4.78 is 7.40. The summed E-state index contributed by atoms with van der Waals surface area (Å²) in [4.78, 5) is 20.5. The maximum absolute atomic E-state index is 12.2. The van der Waals surface area contributed by atoms with Crippen LogP contribution in [0.15, 0.2) is 42.6 Å². The van der Waals surface area contributed by atoms with Crippen LogP contribution in [0.4, 0.5) is 11.8 Å². The second-order valence-corrected chi connectivity index (χ2v) is 7.54. The zero-order valence-electron chi connectivity index (χ0n) is 16.6. The molecule has 7 nitrogen and oxygen atoms in total. The summed E-state index contributed by atoms with van der Waals surface area (Å²) in [5, 5.41) is 0. The fourth-order valence-electron chi connectivity index (χ4n) is 2.98. The molecule has 0 amide bonds. The molecule has 3 rings (SSSR count). The van der Waals surface area contributed by atoms with Crippen LogP contribution in [-0.2, 0) is 11.3 Å². The van der Waals surface area contributed by atoms with Gasteiger partial charge in [0.25, 0.3) is 0 Å². The van der Waals surface area contributed by atoms with E-state index in [0.717, 1.165) is 16.7 Å². The highest BCUT2D eigenvalue weighted by Crippen LogP contribution is 2.24. The second-order valence-electron chi connectivity index (χ2n) is 7.54. The number of aromatic nitrogens is 3. The molecule has 0 saturated carbocycles. The van der Waals surface area contributed by atoms with Crippen molar-refractivity contribution < 1.29 is 9.53 Å². The fourth-order valence-corrected chi connectivity index (χ4v) is 2.98. The van der Waals surface area contributed by atoms with Crippen LogP contribution in [0, 0.1) is 0 Å². The Morgan fingerprint density at radius 1 is 1.11 bits per heavy atom. The van der Waals surface area contributed by atoms with Crippen molar-refractivity contribution in [2.45, 2.75) is 39.8 Å². The summed E-state index contributed by atoms with van der Waals surface area (Å²) in [6.45, 7) is 8.11. The molecule has 0 aliphatic heterocycles. The van der Waals surface area contributed by atoms with E-state index in [-0.39, 0.29) is 11.9 Å². The van der Waals surface area contributed by atoms with Crippen molar-refractivity contribution in [3.8, 4) is 0 Å². The Labute approximate surface area is 164 Å². The van der Waals surface area contributed by atoms with Crippen molar-refractivity contribution in [3.63, 3.8) is 0 Å². The first-order chi connectivity index (χ1) is 13.2. The van der Waals surface area contributed by atoms with E-state index in [1.807, 2.05) is 62.7 Å². The minimum atomic E-state index is -0.523. The van der Waals surface area contributed by atoms with Gasteiger partial charge in [0.1, 0.15) is 11.1 Å². The van der Waals surface area contributed by atoms with Crippen LogP contribution in [0.5, 0.6) is 0 Å². The molecule has 0 fully saturated rings. The minimum Gasteiger partial charge on any atom is -0.456 e. The second kappa shape index (κ2) is 7.34. The first kappa shape index (κ1) is 19.4. The Hall–Kier alpha value is -3.35. The molecule has 0 radical (unpaired) electrons. The SMILES string of the molecule is CC=C(Cn1ccc2nc(N)nc(N)c21)c1ccc(C(=O)OC(C)(C)C)cc1. The van der Waals surface area contributed by atoms with Gasteiger partial charge in [0.2, 0.25) is 5.95 Å². The quantitative estimate of drug-likeness (QED) is 0.670. The van der Waals surface area contributed by atoms with Gasteiger partial charge in [-0.2, -0.15) is 4.98 Å². The molecular weight excluding hydrogens is 354 g/mol. The summed E-state index contributed by atoms with van der Waals surface area (Å²) in [6.07, 6.45) is 3.94. The van der Waals surface area contributed by atoms with Gasteiger partial charge in [-0.1, -0.05) is 18.2 Å². The maximum atomic E-state index is 12.2. The summed E-state index contributed by atoms with van der Waals surface area (Å²) >= 11 is 0. The van der Waals surface area contributed by atoms with Crippen LogP contribution in [0.25, 0.3) is 16.6 Å². The lowest BCUT2D eigenvalue weighted by atomic mass is 10.0. The third-order valence-electron chi connectivity index (χ3n) is 4.23. The summed E-state index contributed by atoms with van der Waals surface area (Å²) in [6, 6.07) is 9.25. The number of fused-ring (bicyclic) bond motifs is 1. The first-order valence-corrected chi connectivity index (χ1v) is 9.05. The smallest absolute Gasteiger partial charge is 0.338 e. The number of anilines is 2. The van der Waals surface area contributed by atoms with Crippen molar-refractivity contribution in [2.24, 2.45) is 0 Å². The van der Waals surface area contributed by atoms with E-state index in [9.17, 15) is 4.79 Å². The summed E-state index contributed by atoms with van der Waals surface area (Å²) in [5.74, 6) is 0.176. The Morgan fingerprint density at radius 2 is 1.75 bits per heavy atom. The molecule has 1 aromatic carbocycles. The fraction of sp³-hybridized carbons (Fsp3) is 0.286. The highest BCUT2D eigenvalue weighted by atomic mass is 16.6. The minimum absolute atomic E-state index is 0.159. The van der Waals surface area contributed by atoms with E-state index in [4.69, 9.17) is 16.2 Å². The molecule has 7 heteroatoms. The lowest BCUT2D eigenvalue weighted by Crippen LogP contribution is -2.23. The number of carbonyl (C=O) groups is 1. The molecule has 0 unspecified atom stereocenters. The van der Waals surface area contributed by atoms with E-state index >= 15 is 0 Å². The number of ether oxygens (including phenoxy) is 1. The van der Waals surface area contributed by atoms with Crippen LogP contribution in [0.2, 0.25) is 0 Å². The average Bonchev–Trinajstić information content (AvgIpc) is 3.01. The normalized spacial score (nSPS) is 12.4. The van der Waals surface area contributed by atoms with Gasteiger partial charge < -0.3 is 20.8 Å². The molecule has 0 aliphatic rings. The van der Waals surface area contributed by atoms with Gasteiger partial charge in [0, 0.05) is 12.7 Å². The van der Waals surface area contributed by atoms with Gasteiger partial charge in [-0.3, -0.25) is 0 Å². The highest BCUT2D eigenvalue weighted by molar-refractivity contribution is 5.90. The number of nitrogen functional groups attached to an aromatic ring is 2. The molecule has 3 aromatic rings. The van der Waals surface area contributed by atoms with Crippen LogP contribution < -0.4 is 11.5 Å². The van der Waals surface area contributed by atoms with Gasteiger partial charge in [-0.05, 0) is 57.0 Å². The van der Waals surface area contributed by atoms with Gasteiger partial charge in [0.15, 0.2) is 5.82 Å². The average molecular weight is 379 g/mol. The molecule has 0 aliphatic carbocycles. The number of hydrogen-bond donors (Lipinski definition) is 2. The summed E-state index contributed by atoms with van der Waals surface area (Å²) in [7, 11) is 0. The number of nitrogens with zero attached hydrogens (tertiary/aromatic N) is 3. The molecule has 4 N–H and O–H groups in total. The van der Waals surface area contributed by atoms with Crippen molar-refractivity contribution in [1.29, 1.82) is 0 Å². The van der Waals surface area contributed by atoms with Crippen LogP contribution in [0.3, 0.4) is 0 Å². The monoisotopic (exact) mass is 379 g/mol. The Morgan fingerprint density at radius 3 is 2.36 bits per heavy atom. The molecule has 0 bridgehead atoms. The number of hydrogen-bond acceptors (Lipinski definition) is 6. The predicted molar refractivity (Wildman–Crippen MR) is 112 cm³/mol. The van der Waals surface area contributed by atoms with Gasteiger partial charge in [0.05, 0.1) is 11.1 Å². The summed E-state index contributed by atoms with van der Waals surface area (Å²) in [5.41, 5.74) is 15.2. The Balaban J connectivity index is 1.84. The molecule has 0 atom stereocenters. The van der Waals surface area contributed by atoms with E-state index in [1.165, 1.54) is 0 Å². The van der Waals surface area contributed by atoms with Crippen LogP contribution in [0.1, 0.15) is 43.6 Å². The van der Waals surface area contributed by atoms with E-state index in [0.29, 0.717) is 23.4 Å². The number of esters is 1. The van der Waals surface area contributed by atoms with Crippen molar-refractivity contribution in [3.05, 3.63) is 53.7 Å². The van der Waals surface area contributed by atoms with Crippen LogP contribution >= 0.6 is 0 Å². The molecule has 28 heavy (non-hydrogen) atoms. The lowest BCUT2D eigenvalue weighted by molar-refractivity contribution is 0.00695. The number of benzene rings is 1.